The Kier molecular flexibility index (Phi) is 4.54. The van der Waals surface area contributed by atoms with E-state index < -0.39 is 11.5 Å². The normalized spacial score (nSPS) is 12.3. The largest absolute Gasteiger partial charge is 0.454 e. The van der Waals surface area contributed by atoms with Crippen LogP contribution in [0.25, 0.3) is 11.2 Å². The average molecular weight is 422 g/mol. The molecule has 156 valence electrons. The van der Waals surface area contributed by atoms with Gasteiger partial charge in [-0.1, -0.05) is 23.4 Å². The number of nitrogens with one attached hydrogen (secondary N) is 1. The molecule has 11 heteroatoms. The van der Waals surface area contributed by atoms with Crippen LogP contribution in [-0.4, -0.2) is 37.2 Å². The van der Waals surface area contributed by atoms with Gasteiger partial charge in [0.1, 0.15) is 18.7 Å². The Morgan fingerprint density at radius 1 is 1.16 bits per heavy atom. The van der Waals surface area contributed by atoms with Crippen LogP contribution in [0, 0.1) is 5.82 Å². The number of ether oxygens (including phenoxy) is 2. The summed E-state index contributed by atoms with van der Waals surface area (Å²) < 4.78 is 26.9. The van der Waals surface area contributed by atoms with E-state index in [-0.39, 0.29) is 36.9 Å². The number of amides is 1. The zero-order chi connectivity index (χ0) is 21.4. The van der Waals surface area contributed by atoms with Gasteiger partial charge in [-0.05, 0) is 18.2 Å². The number of benzene rings is 2. The molecule has 0 bridgehead atoms. The van der Waals surface area contributed by atoms with Crippen LogP contribution in [0.15, 0.2) is 53.6 Å². The minimum absolute atomic E-state index is 0.00489. The second-order valence-corrected chi connectivity index (χ2v) is 6.80. The highest BCUT2D eigenvalue weighted by Gasteiger charge is 2.17. The second-order valence-electron chi connectivity index (χ2n) is 6.80. The molecule has 0 radical (unpaired) electrons. The summed E-state index contributed by atoms with van der Waals surface area (Å²) in [5.74, 6) is 0.312. The van der Waals surface area contributed by atoms with Crippen molar-refractivity contribution < 1.29 is 18.7 Å². The molecular formula is C20H15FN6O4. The Hall–Kier alpha value is -4.28. The molecule has 0 unspecified atom stereocenters. The van der Waals surface area contributed by atoms with E-state index in [1.165, 1.54) is 17.1 Å². The van der Waals surface area contributed by atoms with Crippen LogP contribution in [0.5, 0.6) is 11.5 Å². The molecule has 3 heterocycles. The number of hydrogen-bond acceptors (Lipinski definition) is 7. The third-order valence-corrected chi connectivity index (χ3v) is 4.74. The zero-order valence-electron chi connectivity index (χ0n) is 16.0. The molecule has 2 aromatic heterocycles. The molecular weight excluding hydrogens is 407 g/mol. The summed E-state index contributed by atoms with van der Waals surface area (Å²) in [6, 6.07) is 11.2. The van der Waals surface area contributed by atoms with Crippen molar-refractivity contribution in [3.63, 3.8) is 0 Å². The van der Waals surface area contributed by atoms with E-state index in [0.717, 1.165) is 4.57 Å². The van der Waals surface area contributed by atoms with Gasteiger partial charge in [0.05, 0.1) is 6.54 Å². The fourth-order valence-electron chi connectivity index (χ4n) is 3.22. The standard InChI is InChI=1S/C20H15FN6O4/c21-14-4-2-1-3-12(14)8-27-19-18(24-25-27)20(29)26(10-22-19)9-17(28)23-13-5-6-15-16(7-13)31-11-30-15/h1-7,10H,8-9,11H2,(H,23,28). The summed E-state index contributed by atoms with van der Waals surface area (Å²) in [5, 5.41) is 10.5. The maximum atomic E-state index is 13.9. The van der Waals surface area contributed by atoms with E-state index in [1.807, 2.05) is 0 Å². The first kappa shape index (κ1) is 18.7. The highest BCUT2D eigenvalue weighted by atomic mass is 19.1. The van der Waals surface area contributed by atoms with Crippen molar-refractivity contribution in [3.8, 4) is 11.5 Å². The third kappa shape index (κ3) is 3.56. The molecule has 5 rings (SSSR count). The van der Waals surface area contributed by atoms with Gasteiger partial charge < -0.3 is 14.8 Å². The monoisotopic (exact) mass is 422 g/mol. The van der Waals surface area contributed by atoms with Crippen molar-refractivity contribution in [3.05, 3.63) is 70.5 Å². The van der Waals surface area contributed by atoms with Gasteiger partial charge in [-0.15, -0.1) is 5.10 Å². The molecule has 1 aliphatic heterocycles. The van der Waals surface area contributed by atoms with E-state index in [1.54, 1.807) is 36.4 Å². The lowest BCUT2D eigenvalue weighted by Crippen LogP contribution is -2.28. The highest BCUT2D eigenvalue weighted by molar-refractivity contribution is 5.91. The average Bonchev–Trinajstić information content (AvgIpc) is 3.39. The van der Waals surface area contributed by atoms with E-state index in [4.69, 9.17) is 9.47 Å². The van der Waals surface area contributed by atoms with Gasteiger partial charge in [0.15, 0.2) is 22.7 Å². The number of nitrogens with zero attached hydrogens (tertiary/aromatic N) is 5. The Morgan fingerprint density at radius 2 is 2.00 bits per heavy atom. The molecule has 0 fully saturated rings. The maximum Gasteiger partial charge on any atom is 0.283 e. The van der Waals surface area contributed by atoms with Crippen molar-refractivity contribution in [1.82, 2.24) is 24.5 Å². The number of aromatic nitrogens is 5. The van der Waals surface area contributed by atoms with Crippen molar-refractivity contribution in [2.45, 2.75) is 13.1 Å². The molecule has 1 amide bonds. The van der Waals surface area contributed by atoms with Crippen LogP contribution < -0.4 is 20.3 Å². The molecule has 1 N–H and O–H groups in total. The number of rotatable bonds is 5. The predicted molar refractivity (Wildman–Crippen MR) is 106 cm³/mol. The quantitative estimate of drug-likeness (QED) is 0.519. The first-order chi connectivity index (χ1) is 15.1. The smallest absolute Gasteiger partial charge is 0.283 e. The van der Waals surface area contributed by atoms with E-state index in [2.05, 4.69) is 20.6 Å². The van der Waals surface area contributed by atoms with E-state index >= 15 is 0 Å². The fourth-order valence-corrected chi connectivity index (χ4v) is 3.22. The number of halogens is 1. The minimum atomic E-state index is -0.523. The number of carbonyl (C=O) groups excluding carboxylic acids is 1. The van der Waals surface area contributed by atoms with Gasteiger partial charge in [-0.3, -0.25) is 14.2 Å². The maximum absolute atomic E-state index is 13.9. The lowest BCUT2D eigenvalue weighted by molar-refractivity contribution is -0.116. The fraction of sp³-hybridized carbons (Fsp3) is 0.150. The summed E-state index contributed by atoms with van der Waals surface area (Å²) in [6.45, 7) is -0.0635. The van der Waals surface area contributed by atoms with Crippen LogP contribution in [0.3, 0.4) is 0 Å². The van der Waals surface area contributed by atoms with Crippen molar-refractivity contribution in [2.24, 2.45) is 0 Å². The molecule has 0 spiro atoms. The van der Waals surface area contributed by atoms with Crippen LogP contribution >= 0.6 is 0 Å². The number of fused-ring (bicyclic) bond motifs is 2. The lowest BCUT2D eigenvalue weighted by Gasteiger charge is -2.08. The predicted octanol–water partition coefficient (Wildman–Crippen LogP) is 1.54. The number of hydrogen-bond donors (Lipinski definition) is 1. The molecule has 0 saturated carbocycles. The Morgan fingerprint density at radius 3 is 2.87 bits per heavy atom. The van der Waals surface area contributed by atoms with Gasteiger partial charge in [0, 0.05) is 17.3 Å². The Bertz CT molecular complexity index is 1370. The van der Waals surface area contributed by atoms with Gasteiger partial charge in [0.2, 0.25) is 12.7 Å². The van der Waals surface area contributed by atoms with Gasteiger partial charge in [0.25, 0.3) is 5.56 Å². The molecule has 10 nitrogen and oxygen atoms in total. The summed E-state index contributed by atoms with van der Waals surface area (Å²) in [4.78, 5) is 29.3. The molecule has 31 heavy (non-hydrogen) atoms. The van der Waals surface area contributed by atoms with Crippen LogP contribution in [0.2, 0.25) is 0 Å². The topological polar surface area (TPSA) is 113 Å². The van der Waals surface area contributed by atoms with Crippen molar-refractivity contribution in [2.75, 3.05) is 12.1 Å². The molecule has 1 aliphatic rings. The molecule has 0 saturated heterocycles. The Balaban J connectivity index is 1.35. The zero-order valence-corrected chi connectivity index (χ0v) is 16.0. The number of anilines is 1. The van der Waals surface area contributed by atoms with Crippen LogP contribution in [0.4, 0.5) is 10.1 Å². The molecule has 0 atom stereocenters. The van der Waals surface area contributed by atoms with Crippen molar-refractivity contribution >= 4 is 22.8 Å². The summed E-state index contributed by atoms with van der Waals surface area (Å²) >= 11 is 0. The molecule has 2 aromatic carbocycles. The van der Waals surface area contributed by atoms with E-state index in [9.17, 15) is 14.0 Å². The summed E-state index contributed by atoms with van der Waals surface area (Å²) in [6.07, 6.45) is 1.24. The van der Waals surface area contributed by atoms with Crippen molar-refractivity contribution in [1.29, 1.82) is 0 Å². The van der Waals surface area contributed by atoms with Crippen LogP contribution in [0.1, 0.15) is 5.56 Å². The van der Waals surface area contributed by atoms with E-state index in [0.29, 0.717) is 22.7 Å². The van der Waals surface area contributed by atoms with Crippen LogP contribution in [-0.2, 0) is 17.9 Å². The minimum Gasteiger partial charge on any atom is -0.454 e. The third-order valence-electron chi connectivity index (χ3n) is 4.74. The first-order valence-electron chi connectivity index (χ1n) is 9.30. The summed E-state index contributed by atoms with van der Waals surface area (Å²) in [7, 11) is 0. The summed E-state index contributed by atoms with van der Waals surface area (Å²) in [5.41, 5.74) is 0.580. The van der Waals surface area contributed by atoms with Gasteiger partial charge in [-0.25, -0.2) is 14.1 Å². The van der Waals surface area contributed by atoms with Gasteiger partial charge in [-0.2, -0.15) is 0 Å². The Labute approximate surface area is 173 Å². The SMILES string of the molecule is O=C(Cn1cnc2c(nnn2Cc2ccccc2F)c1=O)Nc1ccc2c(c1)OCO2. The molecule has 4 aromatic rings. The molecule has 0 aliphatic carbocycles. The first-order valence-corrected chi connectivity index (χ1v) is 9.30. The highest BCUT2D eigenvalue weighted by Crippen LogP contribution is 2.34. The second kappa shape index (κ2) is 7.52. The number of carbonyl (C=O) groups is 1. The van der Waals surface area contributed by atoms with Gasteiger partial charge >= 0.3 is 0 Å². The lowest BCUT2D eigenvalue weighted by atomic mass is 10.2.